The molecule has 2 rings (SSSR count). The standard InChI is InChI=1S/C13H20FN3O2S/c1-17-7-3-2-4-11(17)9-16-20(18,19)13-8-10(14)5-6-12(13)15/h5-6,8,11,16H,2-4,7,9,15H2,1H3. The first-order valence-electron chi connectivity index (χ1n) is 6.65. The molecule has 0 amide bonds. The quantitative estimate of drug-likeness (QED) is 0.819. The van der Waals surface area contributed by atoms with Crippen molar-refractivity contribution in [2.24, 2.45) is 0 Å². The van der Waals surface area contributed by atoms with Gasteiger partial charge in [0.25, 0.3) is 0 Å². The van der Waals surface area contributed by atoms with Gasteiger partial charge in [0.2, 0.25) is 10.0 Å². The SMILES string of the molecule is CN1CCCCC1CNS(=O)(=O)c1cc(F)ccc1N. The highest BCUT2D eigenvalue weighted by atomic mass is 32.2. The van der Waals surface area contributed by atoms with E-state index < -0.39 is 15.8 Å². The maximum atomic E-state index is 13.2. The molecule has 1 fully saturated rings. The fourth-order valence-corrected chi connectivity index (χ4v) is 3.64. The van der Waals surface area contributed by atoms with Crippen molar-refractivity contribution in [3.63, 3.8) is 0 Å². The van der Waals surface area contributed by atoms with Gasteiger partial charge in [-0.15, -0.1) is 0 Å². The highest BCUT2D eigenvalue weighted by Gasteiger charge is 2.23. The van der Waals surface area contributed by atoms with Crippen LogP contribution in [0.5, 0.6) is 0 Å². The van der Waals surface area contributed by atoms with E-state index in [0.29, 0.717) is 6.54 Å². The first-order chi connectivity index (χ1) is 9.40. The lowest BCUT2D eigenvalue weighted by Gasteiger charge is -2.32. The van der Waals surface area contributed by atoms with Crippen LogP contribution in [-0.2, 0) is 10.0 Å². The summed E-state index contributed by atoms with van der Waals surface area (Å²) in [4.78, 5) is 1.94. The van der Waals surface area contributed by atoms with Crippen molar-refractivity contribution in [3.8, 4) is 0 Å². The second-order valence-corrected chi connectivity index (χ2v) is 6.90. The van der Waals surface area contributed by atoms with Crippen LogP contribution in [0.2, 0.25) is 0 Å². The molecule has 7 heteroatoms. The molecule has 0 aliphatic carbocycles. The fourth-order valence-electron chi connectivity index (χ4n) is 2.43. The van der Waals surface area contributed by atoms with Gasteiger partial charge in [0.15, 0.2) is 0 Å². The average Bonchev–Trinajstić information content (AvgIpc) is 2.40. The zero-order chi connectivity index (χ0) is 14.8. The van der Waals surface area contributed by atoms with Gasteiger partial charge < -0.3 is 10.6 Å². The van der Waals surface area contributed by atoms with Crippen molar-refractivity contribution in [1.29, 1.82) is 0 Å². The number of nitrogens with one attached hydrogen (secondary N) is 1. The Balaban J connectivity index is 2.09. The fraction of sp³-hybridized carbons (Fsp3) is 0.538. The Hall–Kier alpha value is -1.18. The summed E-state index contributed by atoms with van der Waals surface area (Å²) >= 11 is 0. The van der Waals surface area contributed by atoms with E-state index in [1.807, 2.05) is 7.05 Å². The molecule has 0 spiro atoms. The van der Waals surface area contributed by atoms with Gasteiger partial charge in [0.1, 0.15) is 10.7 Å². The van der Waals surface area contributed by atoms with Crippen molar-refractivity contribution in [3.05, 3.63) is 24.0 Å². The summed E-state index contributed by atoms with van der Waals surface area (Å²) in [5.41, 5.74) is 5.67. The number of halogens is 1. The molecule has 5 nitrogen and oxygen atoms in total. The van der Waals surface area contributed by atoms with Crippen LogP contribution in [0.15, 0.2) is 23.1 Å². The van der Waals surface area contributed by atoms with E-state index >= 15 is 0 Å². The second kappa shape index (κ2) is 6.07. The molecule has 1 heterocycles. The molecule has 3 N–H and O–H groups in total. The number of piperidine rings is 1. The van der Waals surface area contributed by atoms with Crippen LogP contribution in [0.4, 0.5) is 10.1 Å². The number of rotatable bonds is 4. The normalized spacial score (nSPS) is 21.0. The third kappa shape index (κ3) is 3.47. The molecule has 1 aromatic carbocycles. The van der Waals surface area contributed by atoms with Gasteiger partial charge in [0, 0.05) is 12.6 Å². The Morgan fingerprint density at radius 2 is 2.20 bits per heavy atom. The Bertz CT molecular complexity index is 577. The number of benzene rings is 1. The van der Waals surface area contributed by atoms with Gasteiger partial charge in [-0.25, -0.2) is 17.5 Å². The number of nitrogens with two attached hydrogens (primary N) is 1. The molecule has 1 atom stereocenters. The van der Waals surface area contributed by atoms with Crippen molar-refractivity contribution >= 4 is 15.7 Å². The summed E-state index contributed by atoms with van der Waals surface area (Å²) in [7, 11) is -1.80. The van der Waals surface area contributed by atoms with E-state index in [9.17, 15) is 12.8 Å². The van der Waals surface area contributed by atoms with Crippen LogP contribution in [-0.4, -0.2) is 39.5 Å². The zero-order valence-electron chi connectivity index (χ0n) is 11.5. The minimum atomic E-state index is -3.78. The van der Waals surface area contributed by atoms with Crippen molar-refractivity contribution in [2.45, 2.75) is 30.2 Å². The largest absolute Gasteiger partial charge is 0.398 e. The minimum absolute atomic E-state index is 0.0518. The molecule has 0 saturated carbocycles. The molecule has 1 saturated heterocycles. The third-order valence-corrected chi connectivity index (χ3v) is 5.17. The molecule has 0 radical (unpaired) electrons. The van der Waals surface area contributed by atoms with Crippen LogP contribution in [0.1, 0.15) is 19.3 Å². The summed E-state index contributed by atoms with van der Waals surface area (Å²) < 4.78 is 40.1. The summed E-state index contributed by atoms with van der Waals surface area (Å²) in [6.07, 6.45) is 3.19. The summed E-state index contributed by atoms with van der Waals surface area (Å²) in [6.45, 7) is 1.28. The van der Waals surface area contributed by atoms with E-state index in [1.54, 1.807) is 0 Å². The molecule has 1 aliphatic heterocycles. The summed E-state index contributed by atoms with van der Waals surface area (Å²) in [6, 6.07) is 3.52. The van der Waals surface area contributed by atoms with E-state index in [2.05, 4.69) is 9.62 Å². The molecule has 20 heavy (non-hydrogen) atoms. The second-order valence-electron chi connectivity index (χ2n) is 5.16. The van der Waals surface area contributed by atoms with Crippen LogP contribution in [0.25, 0.3) is 0 Å². The average molecular weight is 301 g/mol. The highest BCUT2D eigenvalue weighted by molar-refractivity contribution is 7.89. The van der Waals surface area contributed by atoms with Crippen molar-refractivity contribution in [2.75, 3.05) is 25.9 Å². The summed E-state index contributed by atoms with van der Waals surface area (Å²) in [5, 5.41) is 0. The molecule has 1 aliphatic rings. The zero-order valence-corrected chi connectivity index (χ0v) is 12.3. The van der Waals surface area contributed by atoms with Gasteiger partial charge in [-0.1, -0.05) is 6.42 Å². The molecule has 1 aromatic rings. The number of likely N-dealkylation sites (tertiary alicyclic amines) is 1. The topological polar surface area (TPSA) is 75.4 Å². The predicted molar refractivity (Wildman–Crippen MR) is 76.3 cm³/mol. The Kier molecular flexibility index (Phi) is 4.62. The highest BCUT2D eigenvalue weighted by Crippen LogP contribution is 2.20. The molecule has 0 bridgehead atoms. The van der Waals surface area contributed by atoms with Gasteiger partial charge in [-0.05, 0) is 44.6 Å². The minimum Gasteiger partial charge on any atom is -0.398 e. The molecular weight excluding hydrogens is 281 g/mol. The Morgan fingerprint density at radius 3 is 2.90 bits per heavy atom. The summed E-state index contributed by atoms with van der Waals surface area (Å²) in [5.74, 6) is -0.616. The lowest BCUT2D eigenvalue weighted by Crippen LogP contribution is -2.44. The first-order valence-corrected chi connectivity index (χ1v) is 8.13. The number of nitrogens with zero attached hydrogens (tertiary/aromatic N) is 1. The van der Waals surface area contributed by atoms with Crippen molar-refractivity contribution in [1.82, 2.24) is 9.62 Å². The maximum absolute atomic E-state index is 13.2. The Labute approximate surface area is 119 Å². The third-order valence-electron chi connectivity index (χ3n) is 3.70. The van der Waals surface area contributed by atoms with Crippen molar-refractivity contribution < 1.29 is 12.8 Å². The van der Waals surface area contributed by atoms with Crippen LogP contribution in [0.3, 0.4) is 0 Å². The molecule has 112 valence electrons. The monoisotopic (exact) mass is 301 g/mol. The number of hydrogen-bond donors (Lipinski definition) is 2. The Morgan fingerprint density at radius 1 is 1.45 bits per heavy atom. The molecule has 0 aromatic heterocycles. The number of anilines is 1. The van der Waals surface area contributed by atoms with E-state index in [1.165, 1.54) is 6.07 Å². The van der Waals surface area contributed by atoms with Crippen LogP contribution >= 0.6 is 0 Å². The maximum Gasteiger partial charge on any atom is 0.242 e. The van der Waals surface area contributed by atoms with E-state index in [-0.39, 0.29) is 16.6 Å². The van der Waals surface area contributed by atoms with Gasteiger partial charge >= 0.3 is 0 Å². The van der Waals surface area contributed by atoms with E-state index in [0.717, 1.165) is 37.9 Å². The van der Waals surface area contributed by atoms with Gasteiger partial charge in [-0.2, -0.15) is 0 Å². The predicted octanol–water partition coefficient (Wildman–Crippen LogP) is 1.17. The van der Waals surface area contributed by atoms with Crippen LogP contribution in [0, 0.1) is 5.82 Å². The smallest absolute Gasteiger partial charge is 0.242 e. The number of likely N-dealkylation sites (N-methyl/N-ethyl adjacent to an activating group) is 1. The number of nitrogen functional groups attached to an aromatic ring is 1. The van der Waals surface area contributed by atoms with E-state index in [4.69, 9.17) is 5.73 Å². The lowest BCUT2D eigenvalue weighted by atomic mass is 10.0. The molecular formula is C13H20FN3O2S. The number of sulfonamides is 1. The van der Waals surface area contributed by atoms with Crippen LogP contribution < -0.4 is 10.5 Å². The lowest BCUT2D eigenvalue weighted by molar-refractivity contribution is 0.187. The molecule has 1 unspecified atom stereocenters. The van der Waals surface area contributed by atoms with Gasteiger partial charge in [0.05, 0.1) is 5.69 Å². The van der Waals surface area contributed by atoms with Gasteiger partial charge in [-0.3, -0.25) is 0 Å². The number of hydrogen-bond acceptors (Lipinski definition) is 4. The first kappa shape index (κ1) is 15.2.